The molecule has 0 spiro atoms. The fourth-order valence-electron chi connectivity index (χ4n) is 3.32. The van der Waals surface area contributed by atoms with E-state index >= 15 is 0 Å². The molecule has 25 heavy (non-hydrogen) atoms. The Bertz CT molecular complexity index is 667. The summed E-state index contributed by atoms with van der Waals surface area (Å²) in [6, 6.07) is 6.54. The summed E-state index contributed by atoms with van der Waals surface area (Å²) in [5.41, 5.74) is -1.51. The minimum Gasteiger partial charge on any atom is -0.380 e. The van der Waals surface area contributed by atoms with E-state index in [9.17, 15) is 27.9 Å². The Morgan fingerprint density at radius 2 is 1.92 bits per heavy atom. The molecule has 0 bridgehead atoms. The van der Waals surface area contributed by atoms with Crippen molar-refractivity contribution in [2.24, 2.45) is 5.92 Å². The first-order valence-electron chi connectivity index (χ1n) is 8.17. The van der Waals surface area contributed by atoms with Gasteiger partial charge in [0.2, 0.25) is 5.91 Å². The lowest BCUT2D eigenvalue weighted by molar-refractivity contribution is -0.298. The highest BCUT2D eigenvalue weighted by Gasteiger charge is 2.60. The van der Waals surface area contributed by atoms with Crippen molar-refractivity contribution in [1.82, 2.24) is 5.32 Å². The molecule has 8 heteroatoms. The quantitative estimate of drug-likeness (QED) is 0.869. The van der Waals surface area contributed by atoms with Crippen LogP contribution in [0.25, 0.3) is 0 Å². The highest BCUT2D eigenvalue weighted by Crippen LogP contribution is 2.48. The Hall–Kier alpha value is -2.09. The molecule has 0 aromatic heterocycles. The first-order chi connectivity index (χ1) is 11.7. The van der Waals surface area contributed by atoms with E-state index in [1.807, 2.05) is 0 Å². The third-order valence-electron chi connectivity index (χ3n) is 4.85. The summed E-state index contributed by atoms with van der Waals surface area (Å²) in [6.07, 6.45) is -4.09. The van der Waals surface area contributed by atoms with Crippen LogP contribution in [0.15, 0.2) is 24.3 Å². The number of benzene rings is 1. The standard InChI is InChI=1S/C17H19F3N2O3/c18-17(19,20)16(25)8-11(9-16)10-21-15(24)12-3-5-13(6-4-12)22-7-1-2-14(22)23/h3-6,11,25H,1-2,7-10H2,(H,21,24). The maximum atomic E-state index is 12.6. The molecule has 1 saturated carbocycles. The molecule has 2 aliphatic rings. The number of carbonyl (C=O) groups is 2. The van der Waals surface area contributed by atoms with Crippen molar-refractivity contribution < 1.29 is 27.9 Å². The summed E-state index contributed by atoms with van der Waals surface area (Å²) in [6.45, 7) is 0.748. The Morgan fingerprint density at radius 3 is 2.44 bits per heavy atom. The number of amides is 2. The molecule has 1 saturated heterocycles. The largest absolute Gasteiger partial charge is 0.417 e. The first kappa shape index (κ1) is 17.7. The molecule has 5 nitrogen and oxygen atoms in total. The van der Waals surface area contributed by atoms with E-state index in [0.717, 1.165) is 12.1 Å². The first-order valence-corrected chi connectivity index (χ1v) is 8.17. The molecule has 136 valence electrons. The zero-order valence-electron chi connectivity index (χ0n) is 13.5. The van der Waals surface area contributed by atoms with Gasteiger partial charge in [0, 0.05) is 30.8 Å². The number of anilines is 1. The number of nitrogens with one attached hydrogen (secondary N) is 1. The lowest BCUT2D eigenvalue weighted by Gasteiger charge is -2.44. The molecule has 2 amide bonds. The summed E-state index contributed by atoms with van der Waals surface area (Å²) >= 11 is 0. The van der Waals surface area contributed by atoms with Gasteiger partial charge in [-0.1, -0.05) is 0 Å². The van der Waals surface area contributed by atoms with E-state index in [4.69, 9.17) is 0 Å². The van der Waals surface area contributed by atoms with Crippen molar-refractivity contribution >= 4 is 17.5 Å². The molecule has 2 N–H and O–H groups in total. The Morgan fingerprint density at radius 1 is 1.28 bits per heavy atom. The molecule has 1 aliphatic carbocycles. The van der Waals surface area contributed by atoms with Crippen LogP contribution in [0.1, 0.15) is 36.0 Å². The van der Waals surface area contributed by atoms with Gasteiger partial charge in [-0.15, -0.1) is 0 Å². The normalized spacial score (nSPS) is 26.5. The smallest absolute Gasteiger partial charge is 0.380 e. The average Bonchev–Trinajstić information content (AvgIpc) is 2.95. The van der Waals surface area contributed by atoms with Crippen LogP contribution >= 0.6 is 0 Å². The topological polar surface area (TPSA) is 69.6 Å². The van der Waals surface area contributed by atoms with Crippen LogP contribution in [0.2, 0.25) is 0 Å². The molecule has 1 aromatic rings. The number of hydrogen-bond acceptors (Lipinski definition) is 3. The molecule has 2 fully saturated rings. The molecule has 1 heterocycles. The van der Waals surface area contributed by atoms with Crippen LogP contribution in [0, 0.1) is 5.92 Å². The zero-order chi connectivity index (χ0) is 18.2. The van der Waals surface area contributed by atoms with E-state index in [1.54, 1.807) is 29.2 Å². The van der Waals surface area contributed by atoms with Gasteiger partial charge in [-0.2, -0.15) is 13.2 Å². The number of rotatable bonds is 4. The van der Waals surface area contributed by atoms with E-state index < -0.39 is 30.5 Å². The van der Waals surface area contributed by atoms with Crippen molar-refractivity contribution in [2.45, 2.75) is 37.5 Å². The highest BCUT2D eigenvalue weighted by molar-refractivity contribution is 5.97. The van der Waals surface area contributed by atoms with Gasteiger partial charge in [-0.3, -0.25) is 9.59 Å². The van der Waals surface area contributed by atoms with E-state index in [2.05, 4.69) is 5.32 Å². The number of alkyl halides is 3. The summed E-state index contributed by atoms with van der Waals surface area (Å²) in [7, 11) is 0. The SMILES string of the molecule is O=C(NCC1CC(O)(C(F)(F)F)C1)c1ccc(N2CCCC2=O)cc1. The average molecular weight is 356 g/mol. The van der Waals surface area contributed by atoms with Crippen molar-refractivity contribution in [3.05, 3.63) is 29.8 Å². The summed E-state index contributed by atoms with van der Waals surface area (Å²) in [4.78, 5) is 25.4. The van der Waals surface area contributed by atoms with Crippen LogP contribution in [0.4, 0.5) is 18.9 Å². The van der Waals surface area contributed by atoms with Gasteiger partial charge in [-0.25, -0.2) is 0 Å². The lowest BCUT2D eigenvalue weighted by Crippen LogP contribution is -2.57. The van der Waals surface area contributed by atoms with Crippen LogP contribution in [-0.4, -0.2) is 41.8 Å². The second-order valence-corrected chi connectivity index (χ2v) is 6.71. The molecule has 0 radical (unpaired) electrons. The number of carbonyl (C=O) groups excluding carboxylic acids is 2. The van der Waals surface area contributed by atoms with Gasteiger partial charge >= 0.3 is 6.18 Å². The number of hydrogen-bond donors (Lipinski definition) is 2. The van der Waals surface area contributed by atoms with Crippen LogP contribution in [-0.2, 0) is 4.79 Å². The fourth-order valence-corrected chi connectivity index (χ4v) is 3.32. The molecule has 0 atom stereocenters. The van der Waals surface area contributed by atoms with Crippen LogP contribution in [0.3, 0.4) is 0 Å². The highest BCUT2D eigenvalue weighted by atomic mass is 19.4. The predicted octanol–water partition coefficient (Wildman–Crippen LogP) is 2.25. The van der Waals surface area contributed by atoms with Crippen LogP contribution in [0.5, 0.6) is 0 Å². The second-order valence-electron chi connectivity index (χ2n) is 6.71. The molecular formula is C17H19F3N2O3. The summed E-state index contributed by atoms with van der Waals surface area (Å²) < 4.78 is 37.7. The van der Waals surface area contributed by atoms with Gasteiger partial charge in [0.1, 0.15) is 0 Å². The minimum absolute atomic E-state index is 0.0549. The van der Waals surface area contributed by atoms with Crippen molar-refractivity contribution in [3.8, 4) is 0 Å². The van der Waals surface area contributed by atoms with Crippen LogP contribution < -0.4 is 10.2 Å². The molecule has 1 aromatic carbocycles. The monoisotopic (exact) mass is 356 g/mol. The van der Waals surface area contributed by atoms with E-state index in [1.165, 1.54) is 0 Å². The molecular weight excluding hydrogens is 337 g/mol. The molecule has 1 aliphatic heterocycles. The Kier molecular flexibility index (Phi) is 4.49. The minimum atomic E-state index is -4.63. The van der Waals surface area contributed by atoms with Gasteiger partial charge in [0.05, 0.1) is 0 Å². The predicted molar refractivity (Wildman–Crippen MR) is 84.1 cm³/mol. The van der Waals surface area contributed by atoms with Gasteiger partial charge in [0.25, 0.3) is 5.91 Å². The van der Waals surface area contributed by atoms with E-state index in [0.29, 0.717) is 18.5 Å². The van der Waals surface area contributed by atoms with Gasteiger partial charge in [0.15, 0.2) is 5.60 Å². The van der Waals surface area contributed by atoms with Crippen molar-refractivity contribution in [3.63, 3.8) is 0 Å². The summed E-state index contributed by atoms with van der Waals surface area (Å²) in [5, 5.41) is 12.0. The number of halogens is 3. The maximum absolute atomic E-state index is 12.6. The van der Waals surface area contributed by atoms with Crippen molar-refractivity contribution in [1.29, 1.82) is 0 Å². The second kappa shape index (κ2) is 6.33. The third kappa shape index (κ3) is 3.49. The molecule has 3 rings (SSSR count). The zero-order valence-corrected chi connectivity index (χ0v) is 13.5. The van der Waals surface area contributed by atoms with Gasteiger partial charge < -0.3 is 15.3 Å². The fraction of sp³-hybridized carbons (Fsp3) is 0.529. The third-order valence-corrected chi connectivity index (χ3v) is 4.85. The van der Waals surface area contributed by atoms with E-state index in [-0.39, 0.29) is 18.4 Å². The lowest BCUT2D eigenvalue weighted by atomic mass is 9.70. The number of aliphatic hydroxyl groups is 1. The Balaban J connectivity index is 1.50. The number of nitrogens with zero attached hydrogens (tertiary/aromatic N) is 1. The van der Waals surface area contributed by atoms with Gasteiger partial charge in [-0.05, 0) is 49.4 Å². The van der Waals surface area contributed by atoms with Crippen molar-refractivity contribution in [2.75, 3.05) is 18.0 Å². The Labute approximate surface area is 142 Å². The maximum Gasteiger partial charge on any atom is 0.417 e. The molecule has 0 unspecified atom stereocenters. The summed E-state index contributed by atoms with van der Waals surface area (Å²) in [5.74, 6) is -0.724.